The highest BCUT2D eigenvalue weighted by atomic mass is 35.5. The van der Waals surface area contributed by atoms with Gasteiger partial charge in [0.1, 0.15) is 5.69 Å². The van der Waals surface area contributed by atoms with E-state index in [0.29, 0.717) is 42.2 Å². The van der Waals surface area contributed by atoms with Crippen molar-refractivity contribution in [2.45, 2.75) is 12.8 Å². The first-order valence-electron chi connectivity index (χ1n) is 9.06. The fraction of sp³-hybridized carbons (Fsp3) is 0.227. The van der Waals surface area contributed by atoms with Crippen LogP contribution in [-0.4, -0.2) is 34.7 Å². The summed E-state index contributed by atoms with van der Waals surface area (Å²) < 4.78 is 0. The number of amides is 1. The highest BCUT2D eigenvalue weighted by molar-refractivity contribution is 6.30. The van der Waals surface area contributed by atoms with Crippen molar-refractivity contribution in [3.8, 4) is 0 Å². The molecule has 1 aromatic heterocycles. The van der Waals surface area contributed by atoms with E-state index in [0.717, 1.165) is 10.8 Å². The molecule has 1 aliphatic heterocycles. The number of benzene rings is 2. The quantitative estimate of drug-likeness (QED) is 0.624. The van der Waals surface area contributed by atoms with E-state index >= 15 is 0 Å². The van der Waals surface area contributed by atoms with Gasteiger partial charge in [0, 0.05) is 41.2 Å². The molecule has 2 heterocycles. The van der Waals surface area contributed by atoms with Crippen molar-refractivity contribution in [1.29, 1.82) is 0 Å². The van der Waals surface area contributed by atoms with E-state index in [-0.39, 0.29) is 17.6 Å². The summed E-state index contributed by atoms with van der Waals surface area (Å²) in [6.07, 6.45) is 3.00. The molecule has 0 saturated carbocycles. The first-order chi connectivity index (χ1) is 13.1. The molecule has 1 aliphatic rings. The lowest BCUT2D eigenvalue weighted by atomic mass is 9.88. The summed E-state index contributed by atoms with van der Waals surface area (Å²) in [5.41, 5.74) is 1.16. The Bertz CT molecular complexity index is 987. The van der Waals surface area contributed by atoms with Crippen LogP contribution < -0.4 is 0 Å². The SMILES string of the molecule is O=C(c1ccc(Cl)cc1)C1CCN(C(=O)c2nccc3ccccc23)CC1. The molecule has 4 rings (SSSR count). The van der Waals surface area contributed by atoms with Gasteiger partial charge in [-0.3, -0.25) is 14.6 Å². The van der Waals surface area contributed by atoms with Crippen molar-refractivity contribution in [3.05, 3.63) is 77.1 Å². The van der Waals surface area contributed by atoms with Crippen LogP contribution >= 0.6 is 11.6 Å². The number of rotatable bonds is 3. The average molecular weight is 379 g/mol. The van der Waals surface area contributed by atoms with Crippen LogP contribution in [0.1, 0.15) is 33.7 Å². The number of piperidine rings is 1. The van der Waals surface area contributed by atoms with Gasteiger partial charge in [0.2, 0.25) is 0 Å². The van der Waals surface area contributed by atoms with Gasteiger partial charge >= 0.3 is 0 Å². The summed E-state index contributed by atoms with van der Waals surface area (Å²) >= 11 is 5.89. The Morgan fingerprint density at radius 3 is 2.41 bits per heavy atom. The molecule has 0 atom stereocenters. The maximum atomic E-state index is 13.0. The van der Waals surface area contributed by atoms with Crippen molar-refractivity contribution in [2.75, 3.05) is 13.1 Å². The number of carbonyl (C=O) groups excluding carboxylic acids is 2. The monoisotopic (exact) mass is 378 g/mol. The number of hydrogen-bond donors (Lipinski definition) is 0. The second-order valence-electron chi connectivity index (χ2n) is 6.82. The van der Waals surface area contributed by atoms with E-state index in [9.17, 15) is 9.59 Å². The Kier molecular flexibility index (Phi) is 4.90. The van der Waals surface area contributed by atoms with Crippen LogP contribution in [-0.2, 0) is 0 Å². The van der Waals surface area contributed by atoms with E-state index < -0.39 is 0 Å². The van der Waals surface area contributed by atoms with E-state index in [1.54, 1.807) is 35.4 Å². The molecule has 0 unspecified atom stereocenters. The van der Waals surface area contributed by atoms with Gasteiger partial charge < -0.3 is 4.90 Å². The van der Waals surface area contributed by atoms with Gasteiger partial charge in [-0.1, -0.05) is 35.9 Å². The number of halogens is 1. The smallest absolute Gasteiger partial charge is 0.273 e. The van der Waals surface area contributed by atoms with Crippen molar-refractivity contribution in [3.63, 3.8) is 0 Å². The molecule has 0 aliphatic carbocycles. The van der Waals surface area contributed by atoms with Crippen molar-refractivity contribution < 1.29 is 9.59 Å². The molecule has 0 radical (unpaired) electrons. The molecule has 2 aromatic carbocycles. The zero-order valence-electron chi connectivity index (χ0n) is 14.8. The van der Waals surface area contributed by atoms with Gasteiger partial charge in [0.15, 0.2) is 5.78 Å². The number of Topliss-reactive ketones (excluding diaryl/α,β-unsaturated/α-hetero) is 1. The lowest BCUT2D eigenvalue weighted by Gasteiger charge is -2.31. The number of aromatic nitrogens is 1. The molecule has 0 bridgehead atoms. The van der Waals surface area contributed by atoms with Crippen LogP contribution in [0.25, 0.3) is 10.8 Å². The van der Waals surface area contributed by atoms with E-state index in [2.05, 4.69) is 4.98 Å². The van der Waals surface area contributed by atoms with Gasteiger partial charge in [-0.15, -0.1) is 0 Å². The predicted molar refractivity (Wildman–Crippen MR) is 106 cm³/mol. The highest BCUT2D eigenvalue weighted by Crippen LogP contribution is 2.25. The van der Waals surface area contributed by atoms with Crippen LogP contribution in [0.2, 0.25) is 5.02 Å². The van der Waals surface area contributed by atoms with Crippen LogP contribution in [0.3, 0.4) is 0 Å². The zero-order chi connectivity index (χ0) is 18.8. The molecule has 136 valence electrons. The minimum Gasteiger partial charge on any atom is -0.337 e. The lowest BCUT2D eigenvalue weighted by Crippen LogP contribution is -2.40. The van der Waals surface area contributed by atoms with Crippen LogP contribution in [0.15, 0.2) is 60.8 Å². The second kappa shape index (κ2) is 7.49. The first-order valence-corrected chi connectivity index (χ1v) is 9.44. The van der Waals surface area contributed by atoms with Crippen LogP contribution in [0.5, 0.6) is 0 Å². The predicted octanol–water partition coefficient (Wildman–Crippen LogP) is 4.62. The molecule has 3 aromatic rings. The van der Waals surface area contributed by atoms with Crippen molar-refractivity contribution >= 4 is 34.1 Å². The molecule has 4 nitrogen and oxygen atoms in total. The highest BCUT2D eigenvalue weighted by Gasteiger charge is 2.29. The maximum absolute atomic E-state index is 13.0. The Hall–Kier alpha value is -2.72. The fourth-order valence-corrected chi connectivity index (χ4v) is 3.76. The number of likely N-dealkylation sites (tertiary alicyclic amines) is 1. The Morgan fingerprint density at radius 2 is 1.67 bits per heavy atom. The third-order valence-electron chi connectivity index (χ3n) is 5.16. The summed E-state index contributed by atoms with van der Waals surface area (Å²) in [5.74, 6) is 0.00180. The average Bonchev–Trinajstić information content (AvgIpc) is 2.73. The molecule has 1 fully saturated rings. The molecular weight excluding hydrogens is 360 g/mol. The standard InChI is InChI=1S/C22H19ClN2O2/c23-18-7-5-16(6-8-18)21(26)17-10-13-25(14-11-17)22(27)20-19-4-2-1-3-15(19)9-12-24-20/h1-9,12,17H,10-11,13-14H2. The van der Waals surface area contributed by atoms with Gasteiger partial charge in [-0.05, 0) is 48.6 Å². The normalized spacial score (nSPS) is 15.1. The Labute approximate surface area is 162 Å². The summed E-state index contributed by atoms with van der Waals surface area (Å²) in [7, 11) is 0. The van der Waals surface area contributed by atoms with Crippen molar-refractivity contribution in [1.82, 2.24) is 9.88 Å². The summed E-state index contributed by atoms with van der Waals surface area (Å²) in [6.45, 7) is 1.13. The lowest BCUT2D eigenvalue weighted by molar-refractivity contribution is 0.0647. The van der Waals surface area contributed by atoms with Gasteiger partial charge in [0.25, 0.3) is 5.91 Å². The number of fused-ring (bicyclic) bond motifs is 1. The second-order valence-corrected chi connectivity index (χ2v) is 7.25. The number of nitrogens with zero attached hydrogens (tertiary/aromatic N) is 2. The molecule has 0 spiro atoms. The molecule has 1 saturated heterocycles. The van der Waals surface area contributed by atoms with Crippen molar-refractivity contribution in [2.24, 2.45) is 5.92 Å². The molecule has 0 N–H and O–H groups in total. The van der Waals surface area contributed by atoms with Crippen LogP contribution in [0.4, 0.5) is 0 Å². The summed E-state index contributed by atoms with van der Waals surface area (Å²) in [6, 6.07) is 16.7. The van der Waals surface area contributed by atoms with Gasteiger partial charge in [0.05, 0.1) is 0 Å². The molecule has 27 heavy (non-hydrogen) atoms. The third kappa shape index (κ3) is 3.58. The minimum atomic E-state index is -0.0656. The molecular formula is C22H19ClN2O2. The first kappa shape index (κ1) is 17.7. The van der Waals surface area contributed by atoms with E-state index in [1.807, 2.05) is 30.3 Å². The number of carbonyl (C=O) groups is 2. The molecule has 5 heteroatoms. The van der Waals surface area contributed by atoms with Gasteiger partial charge in [-0.25, -0.2) is 0 Å². The number of pyridine rings is 1. The summed E-state index contributed by atoms with van der Waals surface area (Å²) in [4.78, 5) is 31.8. The number of hydrogen-bond acceptors (Lipinski definition) is 3. The topological polar surface area (TPSA) is 50.3 Å². The van der Waals surface area contributed by atoms with E-state index in [1.165, 1.54) is 0 Å². The van der Waals surface area contributed by atoms with E-state index in [4.69, 9.17) is 11.6 Å². The van der Waals surface area contributed by atoms with Gasteiger partial charge in [-0.2, -0.15) is 0 Å². The largest absolute Gasteiger partial charge is 0.337 e. The number of ketones is 1. The fourth-order valence-electron chi connectivity index (χ4n) is 3.63. The molecule has 1 amide bonds. The zero-order valence-corrected chi connectivity index (χ0v) is 15.5. The third-order valence-corrected chi connectivity index (χ3v) is 5.41. The van der Waals surface area contributed by atoms with Crippen LogP contribution in [0, 0.1) is 5.92 Å². The minimum absolute atomic E-state index is 0.0595. The maximum Gasteiger partial charge on any atom is 0.273 e. The Morgan fingerprint density at radius 1 is 0.963 bits per heavy atom. The summed E-state index contributed by atoms with van der Waals surface area (Å²) in [5, 5.41) is 2.49. The Balaban J connectivity index is 1.46.